The highest BCUT2D eigenvalue weighted by Crippen LogP contribution is 2.18. The highest BCUT2D eigenvalue weighted by Gasteiger charge is 2.14. The molecule has 0 saturated carbocycles. The van der Waals surface area contributed by atoms with Gasteiger partial charge in [0.1, 0.15) is 0 Å². The quantitative estimate of drug-likeness (QED) is 0.702. The summed E-state index contributed by atoms with van der Waals surface area (Å²) in [7, 11) is 0. The maximum Gasteiger partial charge on any atom is 0.0900 e. The first-order valence-electron chi connectivity index (χ1n) is 8.60. The monoisotopic (exact) mass is 347 g/mol. The fraction of sp³-hybridized carbons (Fsp3) is 0.500. The standard InChI is InChI=1S/C20H29NO2S/c1-16(2)14-23-15-19(22)12-21(11-18-7-5-4-6-8-18)13-20-10-9-17(3)24-20/h4-10,16,19,22H,11-15H2,1-3H3/t19-/m1/s1. The van der Waals surface area contributed by atoms with Gasteiger partial charge in [0.15, 0.2) is 0 Å². The minimum absolute atomic E-state index is 0.396. The SMILES string of the molecule is Cc1ccc(CN(Cc2ccccc2)C[C@@H](O)COCC(C)C)s1. The number of aryl methyl sites for hydroxylation is 1. The Kier molecular flexibility index (Phi) is 7.92. The van der Waals surface area contributed by atoms with Gasteiger partial charge in [-0.05, 0) is 30.5 Å². The lowest BCUT2D eigenvalue weighted by Gasteiger charge is -2.25. The van der Waals surface area contributed by atoms with Gasteiger partial charge in [-0.25, -0.2) is 0 Å². The summed E-state index contributed by atoms with van der Waals surface area (Å²) >= 11 is 1.82. The van der Waals surface area contributed by atoms with Crippen LogP contribution in [0, 0.1) is 12.8 Å². The van der Waals surface area contributed by atoms with Gasteiger partial charge in [0.25, 0.3) is 0 Å². The summed E-state index contributed by atoms with van der Waals surface area (Å²) in [5.74, 6) is 0.492. The van der Waals surface area contributed by atoms with Crippen LogP contribution in [0.3, 0.4) is 0 Å². The number of ether oxygens (including phenoxy) is 1. The highest BCUT2D eigenvalue weighted by atomic mass is 32.1. The molecule has 0 saturated heterocycles. The van der Waals surface area contributed by atoms with E-state index in [0.717, 1.165) is 13.1 Å². The van der Waals surface area contributed by atoms with Crippen molar-refractivity contribution in [2.45, 2.75) is 40.0 Å². The minimum Gasteiger partial charge on any atom is -0.389 e. The van der Waals surface area contributed by atoms with Crippen molar-refractivity contribution in [2.24, 2.45) is 5.92 Å². The average molecular weight is 348 g/mol. The van der Waals surface area contributed by atoms with Gasteiger partial charge in [0.2, 0.25) is 0 Å². The maximum absolute atomic E-state index is 10.3. The zero-order valence-electron chi connectivity index (χ0n) is 14.9. The van der Waals surface area contributed by atoms with Crippen molar-refractivity contribution < 1.29 is 9.84 Å². The van der Waals surface area contributed by atoms with E-state index in [2.05, 4.69) is 62.1 Å². The van der Waals surface area contributed by atoms with E-state index in [1.165, 1.54) is 15.3 Å². The second-order valence-corrected chi connectivity index (χ2v) is 8.13. The normalized spacial score (nSPS) is 12.9. The van der Waals surface area contributed by atoms with E-state index >= 15 is 0 Å². The third-order valence-electron chi connectivity index (χ3n) is 3.65. The Morgan fingerprint density at radius 1 is 1.04 bits per heavy atom. The van der Waals surface area contributed by atoms with Gasteiger partial charge in [-0.15, -0.1) is 11.3 Å². The van der Waals surface area contributed by atoms with Gasteiger partial charge in [-0.2, -0.15) is 0 Å². The Hall–Kier alpha value is -1.20. The van der Waals surface area contributed by atoms with Crippen molar-refractivity contribution in [1.29, 1.82) is 0 Å². The van der Waals surface area contributed by atoms with Gasteiger partial charge >= 0.3 is 0 Å². The zero-order chi connectivity index (χ0) is 17.4. The molecule has 1 aromatic carbocycles. The van der Waals surface area contributed by atoms with Crippen molar-refractivity contribution in [1.82, 2.24) is 4.90 Å². The molecule has 132 valence electrons. The molecule has 4 heteroatoms. The topological polar surface area (TPSA) is 32.7 Å². The number of rotatable bonds is 10. The summed E-state index contributed by atoms with van der Waals surface area (Å²) in [4.78, 5) is 4.95. The van der Waals surface area contributed by atoms with Crippen LogP contribution in [0.1, 0.15) is 29.2 Å². The van der Waals surface area contributed by atoms with Crippen LogP contribution in [0.15, 0.2) is 42.5 Å². The molecule has 1 N–H and O–H groups in total. The molecule has 0 fully saturated rings. The second-order valence-electron chi connectivity index (χ2n) is 6.75. The number of thiophene rings is 1. The van der Waals surface area contributed by atoms with E-state index in [0.29, 0.717) is 25.7 Å². The minimum atomic E-state index is -0.464. The molecule has 1 atom stereocenters. The van der Waals surface area contributed by atoms with Crippen molar-refractivity contribution in [3.63, 3.8) is 0 Å². The van der Waals surface area contributed by atoms with Gasteiger partial charge in [-0.1, -0.05) is 44.2 Å². The van der Waals surface area contributed by atoms with Gasteiger partial charge < -0.3 is 9.84 Å². The Morgan fingerprint density at radius 2 is 1.79 bits per heavy atom. The van der Waals surface area contributed by atoms with Crippen LogP contribution in [-0.4, -0.2) is 35.9 Å². The summed E-state index contributed by atoms with van der Waals surface area (Å²) in [5.41, 5.74) is 1.26. The first-order valence-corrected chi connectivity index (χ1v) is 9.42. The van der Waals surface area contributed by atoms with E-state index in [4.69, 9.17) is 4.74 Å². The first-order chi connectivity index (χ1) is 11.5. The Labute approximate surface area is 149 Å². The van der Waals surface area contributed by atoms with Crippen LogP contribution >= 0.6 is 11.3 Å². The summed E-state index contributed by atoms with van der Waals surface area (Å²) in [5, 5.41) is 10.3. The van der Waals surface area contributed by atoms with Gasteiger partial charge in [0, 0.05) is 36.0 Å². The second kappa shape index (κ2) is 9.94. The maximum atomic E-state index is 10.3. The molecule has 0 aliphatic rings. The predicted octanol–water partition coefficient (Wildman–Crippen LogP) is 4.09. The molecule has 0 spiro atoms. The molecule has 24 heavy (non-hydrogen) atoms. The smallest absolute Gasteiger partial charge is 0.0900 e. The predicted molar refractivity (Wildman–Crippen MR) is 101 cm³/mol. The molecule has 0 unspecified atom stereocenters. The molecule has 0 amide bonds. The number of nitrogens with zero attached hydrogens (tertiary/aromatic N) is 1. The van der Waals surface area contributed by atoms with Crippen molar-refractivity contribution in [3.8, 4) is 0 Å². The number of aliphatic hydroxyl groups is 1. The molecule has 2 aromatic rings. The summed E-state index contributed by atoms with van der Waals surface area (Å²) in [6.45, 7) is 9.76. The molecule has 0 bridgehead atoms. The first kappa shape index (κ1) is 19.1. The Morgan fingerprint density at radius 3 is 2.42 bits per heavy atom. The van der Waals surface area contributed by atoms with E-state index in [1.807, 2.05) is 17.4 Å². The van der Waals surface area contributed by atoms with Crippen LogP contribution in [0.4, 0.5) is 0 Å². The van der Waals surface area contributed by atoms with E-state index in [1.54, 1.807) is 0 Å². The lowest BCUT2D eigenvalue weighted by Crippen LogP contribution is -2.34. The third kappa shape index (κ3) is 7.14. The van der Waals surface area contributed by atoms with Crippen LogP contribution in [0.2, 0.25) is 0 Å². The summed E-state index contributed by atoms with van der Waals surface area (Å²) in [6.07, 6.45) is -0.464. The zero-order valence-corrected chi connectivity index (χ0v) is 15.8. The van der Waals surface area contributed by atoms with Crippen molar-refractivity contribution >= 4 is 11.3 Å². The van der Waals surface area contributed by atoms with Crippen molar-refractivity contribution in [3.05, 3.63) is 57.8 Å². The molecule has 3 nitrogen and oxygen atoms in total. The molecular weight excluding hydrogens is 318 g/mol. The largest absolute Gasteiger partial charge is 0.389 e. The van der Waals surface area contributed by atoms with Crippen molar-refractivity contribution in [2.75, 3.05) is 19.8 Å². The highest BCUT2D eigenvalue weighted by molar-refractivity contribution is 7.11. The fourth-order valence-electron chi connectivity index (χ4n) is 2.61. The van der Waals surface area contributed by atoms with Crippen LogP contribution in [-0.2, 0) is 17.8 Å². The van der Waals surface area contributed by atoms with E-state index in [-0.39, 0.29) is 0 Å². The lowest BCUT2D eigenvalue weighted by molar-refractivity contribution is 0.00570. The number of aliphatic hydroxyl groups excluding tert-OH is 1. The molecule has 0 aliphatic carbocycles. The third-order valence-corrected chi connectivity index (χ3v) is 4.64. The van der Waals surface area contributed by atoms with E-state index in [9.17, 15) is 5.11 Å². The van der Waals surface area contributed by atoms with Gasteiger partial charge in [0.05, 0.1) is 12.7 Å². The average Bonchev–Trinajstić information content (AvgIpc) is 2.93. The number of benzene rings is 1. The van der Waals surface area contributed by atoms with Gasteiger partial charge in [-0.3, -0.25) is 4.90 Å². The van der Waals surface area contributed by atoms with E-state index < -0.39 is 6.10 Å². The molecule has 1 aromatic heterocycles. The molecule has 0 aliphatic heterocycles. The van der Waals surface area contributed by atoms with Crippen LogP contribution in [0.25, 0.3) is 0 Å². The molecule has 1 heterocycles. The Balaban J connectivity index is 1.93. The van der Waals surface area contributed by atoms with Crippen LogP contribution in [0.5, 0.6) is 0 Å². The molecule has 0 radical (unpaired) electrons. The molecule has 2 rings (SSSR count). The number of hydrogen-bond acceptors (Lipinski definition) is 4. The summed E-state index contributed by atoms with van der Waals surface area (Å²) < 4.78 is 5.59. The molecular formula is C20H29NO2S. The summed E-state index contributed by atoms with van der Waals surface area (Å²) in [6, 6.07) is 14.8. The van der Waals surface area contributed by atoms with Crippen LogP contribution < -0.4 is 0 Å². The lowest BCUT2D eigenvalue weighted by atomic mass is 10.2. The fourth-order valence-corrected chi connectivity index (χ4v) is 3.54. The number of hydrogen-bond donors (Lipinski definition) is 1. The Bertz CT molecular complexity index is 582.